The first-order valence-electron chi connectivity index (χ1n) is 9.02. The van der Waals surface area contributed by atoms with Crippen molar-refractivity contribution in [3.05, 3.63) is 46.8 Å². The Bertz CT molecular complexity index is 651. The van der Waals surface area contributed by atoms with Gasteiger partial charge in [-0.25, -0.2) is 0 Å². The second-order valence-electron chi connectivity index (χ2n) is 8.49. The van der Waals surface area contributed by atoms with Crippen LogP contribution in [0.3, 0.4) is 0 Å². The van der Waals surface area contributed by atoms with Crippen LogP contribution in [0.1, 0.15) is 53.5 Å². The van der Waals surface area contributed by atoms with Gasteiger partial charge in [0.05, 0.1) is 16.8 Å². The fourth-order valence-electron chi connectivity index (χ4n) is 3.51. The third kappa shape index (κ3) is 3.45. The van der Waals surface area contributed by atoms with Gasteiger partial charge in [0.15, 0.2) is 0 Å². The van der Waals surface area contributed by atoms with Gasteiger partial charge in [0.25, 0.3) is 0 Å². The van der Waals surface area contributed by atoms with Crippen LogP contribution < -0.4 is 0 Å². The van der Waals surface area contributed by atoms with Gasteiger partial charge in [-0.05, 0) is 70.9 Å². The van der Waals surface area contributed by atoms with E-state index in [1.807, 2.05) is 59.7 Å². The second-order valence-corrected chi connectivity index (χ2v) is 8.49. The molecule has 0 atom stereocenters. The smallest absolute Gasteiger partial charge is 0.423 e. The maximum Gasteiger partial charge on any atom is 0.492 e. The lowest BCUT2D eigenvalue weighted by molar-refractivity contribution is 0.00578. The first-order chi connectivity index (χ1) is 11.5. The van der Waals surface area contributed by atoms with E-state index in [0.717, 1.165) is 17.4 Å². The molecule has 2 aliphatic heterocycles. The fraction of sp³-hybridized carbons (Fsp3) is 0.579. The first-order valence-corrected chi connectivity index (χ1v) is 9.02. The highest BCUT2D eigenvalue weighted by atomic mass is 16.7. The Balaban J connectivity index is 1.89. The molecule has 134 valence electrons. The van der Waals surface area contributed by atoms with Crippen molar-refractivity contribution in [2.45, 2.75) is 71.2 Å². The highest BCUT2D eigenvalue weighted by molar-refractivity contribution is 6.63. The van der Waals surface area contributed by atoms with E-state index in [0.29, 0.717) is 6.42 Å². The Labute approximate surface area is 151 Å². The fourth-order valence-corrected chi connectivity index (χ4v) is 3.51. The zero-order chi connectivity index (χ0) is 18.5. The van der Waals surface area contributed by atoms with Crippen molar-refractivity contribution in [3.8, 4) is 0 Å². The average molecular weight is 342 g/mol. The second kappa shape index (κ2) is 6.27. The number of allylic oxidation sites excluding steroid dienone is 1. The number of rotatable bonds is 4. The van der Waals surface area contributed by atoms with Crippen LogP contribution in [-0.2, 0) is 20.4 Å². The summed E-state index contributed by atoms with van der Waals surface area (Å²) in [4.78, 5) is 0. The molecule has 0 radical (unpaired) electrons. The lowest BCUT2D eigenvalue weighted by Crippen LogP contribution is -2.41. The summed E-state index contributed by atoms with van der Waals surface area (Å²) in [6.07, 6.45) is 1.56. The maximum atomic E-state index is 10.5. The molecular formula is C19H28B2O4. The first kappa shape index (κ1) is 18.7. The topological polar surface area (TPSA) is 47.9 Å². The van der Waals surface area contributed by atoms with Gasteiger partial charge in [-0.3, -0.25) is 0 Å². The monoisotopic (exact) mass is 342 g/mol. The van der Waals surface area contributed by atoms with Crippen LogP contribution in [0.2, 0.25) is 0 Å². The van der Waals surface area contributed by atoms with Crippen LogP contribution in [0.15, 0.2) is 41.3 Å². The summed E-state index contributed by atoms with van der Waals surface area (Å²) in [6, 6.07) is 10.3. The molecule has 2 heterocycles. The quantitative estimate of drug-likeness (QED) is 0.853. The molecule has 0 saturated carbocycles. The average Bonchev–Trinajstić information content (AvgIpc) is 2.85. The van der Waals surface area contributed by atoms with Crippen molar-refractivity contribution in [1.82, 2.24) is 0 Å². The summed E-state index contributed by atoms with van der Waals surface area (Å²) in [5, 5.41) is 10.5. The van der Waals surface area contributed by atoms with Gasteiger partial charge in [0.1, 0.15) is 0 Å². The molecule has 2 aliphatic rings. The van der Waals surface area contributed by atoms with Crippen molar-refractivity contribution >= 4 is 14.2 Å². The van der Waals surface area contributed by atoms with Gasteiger partial charge in [0.2, 0.25) is 0 Å². The minimum Gasteiger partial charge on any atom is -0.423 e. The van der Waals surface area contributed by atoms with E-state index >= 15 is 0 Å². The number of aryl methyl sites for hydroxylation is 1. The van der Waals surface area contributed by atoms with Gasteiger partial charge in [-0.2, -0.15) is 0 Å². The lowest BCUT2D eigenvalue weighted by Gasteiger charge is -2.32. The Kier molecular flexibility index (Phi) is 4.69. The Morgan fingerprint density at radius 3 is 1.96 bits per heavy atom. The molecule has 0 aromatic heterocycles. The summed E-state index contributed by atoms with van der Waals surface area (Å²) >= 11 is 0. The molecule has 6 heteroatoms. The van der Waals surface area contributed by atoms with Gasteiger partial charge >= 0.3 is 14.2 Å². The standard InChI is InChI=1S/C19H28B2O4/c1-17(2)16(21-24-18(3,4)19(5,6)25-21)15(20(22)23-17)13-12-14-10-8-7-9-11-14/h7-11,22H,12-13H2,1-6H3. The summed E-state index contributed by atoms with van der Waals surface area (Å²) in [5.74, 6) is 0. The SMILES string of the molecule is CC1(C)OB(O)C(CCc2ccccc2)=C1B1OC(C)(C)C(C)(C)O1. The largest absolute Gasteiger partial charge is 0.492 e. The van der Waals surface area contributed by atoms with Gasteiger partial charge in [0, 0.05) is 0 Å². The third-order valence-corrected chi connectivity index (χ3v) is 5.71. The normalized spacial score (nSPS) is 24.3. The summed E-state index contributed by atoms with van der Waals surface area (Å²) < 4.78 is 18.3. The van der Waals surface area contributed by atoms with E-state index in [9.17, 15) is 5.02 Å². The summed E-state index contributed by atoms with van der Waals surface area (Å²) in [6.45, 7) is 12.1. The van der Waals surface area contributed by atoms with Gasteiger partial charge in [-0.1, -0.05) is 30.3 Å². The molecule has 1 aromatic rings. The van der Waals surface area contributed by atoms with Crippen LogP contribution in [0, 0.1) is 0 Å². The highest BCUT2D eigenvalue weighted by Gasteiger charge is 2.58. The molecule has 1 N–H and O–H groups in total. The molecule has 0 aliphatic carbocycles. The number of hydrogen-bond donors (Lipinski definition) is 1. The van der Waals surface area contributed by atoms with E-state index in [-0.39, 0.29) is 0 Å². The van der Waals surface area contributed by atoms with E-state index in [2.05, 4.69) is 12.1 Å². The van der Waals surface area contributed by atoms with Crippen molar-refractivity contribution in [2.24, 2.45) is 0 Å². The van der Waals surface area contributed by atoms with Crippen LogP contribution in [0.4, 0.5) is 0 Å². The van der Waals surface area contributed by atoms with Crippen LogP contribution in [0.25, 0.3) is 0 Å². The molecule has 0 spiro atoms. The van der Waals surface area contributed by atoms with Crippen molar-refractivity contribution in [2.75, 3.05) is 0 Å². The van der Waals surface area contributed by atoms with Crippen molar-refractivity contribution in [1.29, 1.82) is 0 Å². The van der Waals surface area contributed by atoms with Crippen molar-refractivity contribution in [3.63, 3.8) is 0 Å². The van der Waals surface area contributed by atoms with Crippen LogP contribution >= 0.6 is 0 Å². The Hall–Kier alpha value is -1.07. The Morgan fingerprint density at radius 1 is 0.840 bits per heavy atom. The predicted molar refractivity (Wildman–Crippen MR) is 101 cm³/mol. The van der Waals surface area contributed by atoms with Gasteiger partial charge in [-0.15, -0.1) is 0 Å². The lowest BCUT2D eigenvalue weighted by atomic mass is 9.62. The molecule has 4 nitrogen and oxygen atoms in total. The zero-order valence-electron chi connectivity index (χ0n) is 16.1. The van der Waals surface area contributed by atoms with E-state index in [1.54, 1.807) is 0 Å². The van der Waals surface area contributed by atoms with Gasteiger partial charge < -0.3 is 19.0 Å². The minimum absolute atomic E-state index is 0.418. The maximum absolute atomic E-state index is 10.5. The highest BCUT2D eigenvalue weighted by Crippen LogP contribution is 2.45. The molecule has 1 fully saturated rings. The zero-order valence-corrected chi connectivity index (χ0v) is 16.1. The predicted octanol–water partition coefficient (Wildman–Crippen LogP) is 3.38. The summed E-state index contributed by atoms with van der Waals surface area (Å²) in [5.41, 5.74) is 1.59. The molecule has 0 bridgehead atoms. The molecule has 25 heavy (non-hydrogen) atoms. The van der Waals surface area contributed by atoms with Crippen molar-refractivity contribution < 1.29 is 19.0 Å². The molecule has 1 aromatic carbocycles. The van der Waals surface area contributed by atoms with Crippen LogP contribution in [0.5, 0.6) is 0 Å². The molecule has 1 saturated heterocycles. The number of benzene rings is 1. The number of hydrogen-bond acceptors (Lipinski definition) is 4. The minimum atomic E-state index is -0.910. The third-order valence-electron chi connectivity index (χ3n) is 5.71. The molecule has 0 amide bonds. The molecule has 0 unspecified atom stereocenters. The molecule has 3 rings (SSSR count). The van der Waals surface area contributed by atoms with Crippen LogP contribution in [-0.4, -0.2) is 36.1 Å². The van der Waals surface area contributed by atoms with E-state index in [1.165, 1.54) is 5.56 Å². The van der Waals surface area contributed by atoms with E-state index < -0.39 is 31.0 Å². The summed E-state index contributed by atoms with van der Waals surface area (Å²) in [7, 11) is -1.41. The molecular weight excluding hydrogens is 314 g/mol. The Morgan fingerprint density at radius 2 is 1.40 bits per heavy atom. The van der Waals surface area contributed by atoms with E-state index in [4.69, 9.17) is 14.0 Å².